The van der Waals surface area contributed by atoms with Gasteiger partial charge in [0.2, 0.25) is 0 Å². The number of nitrogens with one attached hydrogen (secondary N) is 1. The third-order valence-corrected chi connectivity index (χ3v) is 6.74. The molecule has 13 heteroatoms. The van der Waals surface area contributed by atoms with Crippen molar-refractivity contribution in [2.24, 2.45) is 0 Å². The van der Waals surface area contributed by atoms with Gasteiger partial charge in [0.1, 0.15) is 0 Å². The molecule has 0 bridgehead atoms. The standard InChI is InChI=1S/C17H12Cl2N4O5S2/c1-27-11-4-3-8(5-12(11)28-2)21-15(24)16-22-14(23(25)26)17(30-16)29-13-9(18)6-20-7-10(13)19/h3-7H,1-2H3,(H,21,24). The summed E-state index contributed by atoms with van der Waals surface area (Å²) >= 11 is 14.0. The van der Waals surface area contributed by atoms with Crippen molar-refractivity contribution in [3.63, 3.8) is 0 Å². The van der Waals surface area contributed by atoms with Crippen LogP contribution in [-0.4, -0.2) is 35.0 Å². The number of hydrogen-bond acceptors (Lipinski definition) is 9. The number of aromatic nitrogens is 2. The predicted molar refractivity (Wildman–Crippen MR) is 115 cm³/mol. The maximum atomic E-state index is 12.6. The number of amides is 1. The summed E-state index contributed by atoms with van der Waals surface area (Å²) in [5, 5.41) is 14.4. The van der Waals surface area contributed by atoms with Crippen molar-refractivity contribution < 1.29 is 19.2 Å². The first kappa shape index (κ1) is 22.1. The maximum Gasteiger partial charge on any atom is 0.389 e. The van der Waals surface area contributed by atoms with E-state index in [2.05, 4.69) is 15.3 Å². The van der Waals surface area contributed by atoms with Crippen molar-refractivity contribution in [3.05, 3.63) is 55.8 Å². The second kappa shape index (κ2) is 9.47. The molecule has 1 aromatic carbocycles. The molecule has 0 fully saturated rings. The molecule has 1 amide bonds. The van der Waals surface area contributed by atoms with Crippen LogP contribution in [0.1, 0.15) is 9.80 Å². The highest BCUT2D eigenvalue weighted by Gasteiger charge is 2.29. The zero-order valence-corrected chi connectivity index (χ0v) is 18.5. The van der Waals surface area contributed by atoms with Gasteiger partial charge in [-0.2, -0.15) is 0 Å². The number of methoxy groups -OCH3 is 2. The Balaban J connectivity index is 1.89. The summed E-state index contributed by atoms with van der Waals surface area (Å²) in [5.41, 5.74) is 0.407. The summed E-state index contributed by atoms with van der Waals surface area (Å²) in [5.74, 6) is -0.177. The van der Waals surface area contributed by atoms with Gasteiger partial charge in [0.25, 0.3) is 5.01 Å². The second-order valence-electron chi connectivity index (χ2n) is 5.45. The minimum atomic E-state index is -0.672. The normalized spacial score (nSPS) is 10.5. The zero-order valence-electron chi connectivity index (χ0n) is 15.3. The Morgan fingerprint density at radius 3 is 2.47 bits per heavy atom. The number of hydrogen-bond donors (Lipinski definition) is 1. The SMILES string of the molecule is COc1ccc(NC(=O)c2nc([N+](=O)[O-])c(Sc3c(Cl)cncc3Cl)s2)cc1OC. The van der Waals surface area contributed by atoms with E-state index in [1.54, 1.807) is 18.2 Å². The third kappa shape index (κ3) is 4.75. The molecule has 0 atom stereocenters. The first-order valence-electron chi connectivity index (χ1n) is 7.99. The van der Waals surface area contributed by atoms with E-state index in [1.165, 1.54) is 26.6 Å². The molecule has 30 heavy (non-hydrogen) atoms. The van der Waals surface area contributed by atoms with Crippen LogP contribution in [-0.2, 0) is 0 Å². The monoisotopic (exact) mass is 486 g/mol. The highest BCUT2D eigenvalue weighted by Crippen LogP contribution is 2.44. The molecule has 156 valence electrons. The molecular weight excluding hydrogens is 475 g/mol. The van der Waals surface area contributed by atoms with Crippen molar-refractivity contribution in [2.75, 3.05) is 19.5 Å². The Morgan fingerprint density at radius 1 is 1.20 bits per heavy atom. The molecule has 0 radical (unpaired) electrons. The van der Waals surface area contributed by atoms with E-state index in [0.29, 0.717) is 22.1 Å². The van der Waals surface area contributed by atoms with Crippen LogP contribution in [0, 0.1) is 10.1 Å². The van der Waals surface area contributed by atoms with Crippen LogP contribution in [0.15, 0.2) is 39.7 Å². The summed E-state index contributed by atoms with van der Waals surface area (Å²) in [6.07, 6.45) is 2.74. The zero-order chi connectivity index (χ0) is 21.8. The van der Waals surface area contributed by atoms with Crippen molar-refractivity contribution in [1.82, 2.24) is 9.97 Å². The van der Waals surface area contributed by atoms with Crippen molar-refractivity contribution in [1.29, 1.82) is 0 Å². The predicted octanol–water partition coefficient (Wildman–Crippen LogP) is 5.17. The van der Waals surface area contributed by atoms with E-state index in [4.69, 9.17) is 32.7 Å². The molecule has 2 heterocycles. The average molecular weight is 487 g/mol. The van der Waals surface area contributed by atoms with Gasteiger partial charge in [0, 0.05) is 24.1 Å². The van der Waals surface area contributed by atoms with Gasteiger partial charge < -0.3 is 24.9 Å². The lowest BCUT2D eigenvalue weighted by Crippen LogP contribution is -2.11. The van der Waals surface area contributed by atoms with Gasteiger partial charge in [-0.1, -0.05) is 46.3 Å². The molecule has 0 spiro atoms. The molecule has 0 aliphatic rings. The van der Waals surface area contributed by atoms with Gasteiger partial charge in [-0.3, -0.25) is 9.78 Å². The number of rotatable bonds is 7. The van der Waals surface area contributed by atoms with Crippen molar-refractivity contribution in [3.8, 4) is 11.5 Å². The summed E-state index contributed by atoms with van der Waals surface area (Å²) in [7, 11) is 2.96. The van der Waals surface area contributed by atoms with E-state index in [-0.39, 0.29) is 19.3 Å². The Morgan fingerprint density at radius 2 is 1.87 bits per heavy atom. The van der Waals surface area contributed by atoms with E-state index in [0.717, 1.165) is 23.1 Å². The number of halogens is 2. The van der Waals surface area contributed by atoms with Gasteiger partial charge >= 0.3 is 11.7 Å². The number of thiazole rings is 1. The third-order valence-electron chi connectivity index (χ3n) is 3.59. The molecule has 0 saturated heterocycles. The first-order chi connectivity index (χ1) is 14.3. The second-order valence-corrected chi connectivity index (χ2v) is 8.54. The molecule has 0 unspecified atom stereocenters. The summed E-state index contributed by atoms with van der Waals surface area (Å²) < 4.78 is 10.5. The highest BCUT2D eigenvalue weighted by atomic mass is 35.5. The molecule has 9 nitrogen and oxygen atoms in total. The number of anilines is 1. The topological polar surface area (TPSA) is 116 Å². The minimum absolute atomic E-state index is 0.0970. The highest BCUT2D eigenvalue weighted by molar-refractivity contribution is 8.01. The quantitative estimate of drug-likeness (QED) is 0.358. The lowest BCUT2D eigenvalue weighted by molar-refractivity contribution is -0.391. The number of pyridine rings is 1. The smallest absolute Gasteiger partial charge is 0.389 e. The molecule has 3 aromatic rings. The summed E-state index contributed by atoms with van der Waals surface area (Å²) in [6.45, 7) is 0. The van der Waals surface area contributed by atoms with Gasteiger partial charge in [-0.05, 0) is 22.0 Å². The number of ether oxygens (including phenoxy) is 2. The molecule has 3 rings (SSSR count). The molecule has 2 aromatic heterocycles. The molecule has 0 aliphatic carbocycles. The van der Waals surface area contributed by atoms with E-state index < -0.39 is 16.6 Å². The van der Waals surface area contributed by atoms with Crippen LogP contribution in [0.3, 0.4) is 0 Å². The Hall–Kier alpha value is -2.60. The Labute approximate surface area is 188 Å². The fraction of sp³-hybridized carbons (Fsp3) is 0.118. The summed E-state index contributed by atoms with van der Waals surface area (Å²) in [4.78, 5) is 31.5. The largest absolute Gasteiger partial charge is 0.493 e. The van der Waals surface area contributed by atoms with Crippen LogP contribution in [0.4, 0.5) is 11.5 Å². The first-order valence-corrected chi connectivity index (χ1v) is 10.4. The maximum absolute atomic E-state index is 12.6. The molecule has 0 saturated carbocycles. The van der Waals surface area contributed by atoms with Crippen LogP contribution < -0.4 is 14.8 Å². The van der Waals surface area contributed by atoms with E-state index in [1.807, 2.05) is 0 Å². The number of carbonyl (C=O) groups is 1. The van der Waals surface area contributed by atoms with Crippen LogP contribution in [0.5, 0.6) is 11.5 Å². The van der Waals surface area contributed by atoms with Crippen molar-refractivity contribution >= 4 is 63.7 Å². The minimum Gasteiger partial charge on any atom is -0.493 e. The molecular formula is C17H12Cl2N4O5S2. The van der Waals surface area contributed by atoms with Gasteiger partial charge in [-0.25, -0.2) is 0 Å². The lowest BCUT2D eigenvalue weighted by Gasteiger charge is -2.09. The van der Waals surface area contributed by atoms with E-state index >= 15 is 0 Å². The van der Waals surface area contributed by atoms with Crippen LogP contribution in [0.2, 0.25) is 10.0 Å². The van der Waals surface area contributed by atoms with Gasteiger partial charge in [0.05, 0.1) is 29.2 Å². The summed E-state index contributed by atoms with van der Waals surface area (Å²) in [6, 6.07) is 4.78. The Bertz CT molecular complexity index is 1110. The number of nitrogens with zero attached hydrogens (tertiary/aromatic N) is 3. The number of carbonyl (C=O) groups excluding carboxylic acids is 1. The number of benzene rings is 1. The lowest BCUT2D eigenvalue weighted by atomic mass is 10.2. The Kier molecular flexibility index (Phi) is 6.98. The van der Waals surface area contributed by atoms with E-state index in [9.17, 15) is 14.9 Å². The fourth-order valence-corrected chi connectivity index (χ4v) is 4.88. The van der Waals surface area contributed by atoms with Crippen LogP contribution >= 0.6 is 46.3 Å². The van der Waals surface area contributed by atoms with Crippen LogP contribution in [0.25, 0.3) is 0 Å². The molecule has 1 N–H and O–H groups in total. The number of nitro groups is 1. The van der Waals surface area contributed by atoms with Crippen molar-refractivity contribution in [2.45, 2.75) is 9.10 Å². The average Bonchev–Trinajstić information content (AvgIpc) is 3.15. The van der Waals surface area contributed by atoms with Gasteiger partial charge in [-0.15, -0.1) is 0 Å². The van der Waals surface area contributed by atoms with Gasteiger partial charge in [0.15, 0.2) is 15.7 Å². The fourth-order valence-electron chi connectivity index (χ4n) is 2.27. The molecule has 0 aliphatic heterocycles.